The third-order valence-electron chi connectivity index (χ3n) is 8.30. The average molecular weight is 621 g/mol. The van der Waals surface area contributed by atoms with E-state index in [1.165, 1.54) is 0 Å². The van der Waals surface area contributed by atoms with Gasteiger partial charge in [0.2, 0.25) is 11.8 Å². The second-order valence-corrected chi connectivity index (χ2v) is 13.6. The summed E-state index contributed by atoms with van der Waals surface area (Å²) in [7, 11) is 3.30. The molecule has 0 aliphatic carbocycles. The Morgan fingerprint density at radius 1 is 1.23 bits per heavy atom. The standard InChI is InChI=1S/C29H38BrN3O5S/c1-7-13-31(5)26(35)22-23-27(36)33(21(16-34)17(3)4)25(29(23)15-20(30)24(22)39-29)28(37)32(14-8-2)18-9-11-19(38-6)12-10-18/h7-12,17,20-25,34H,1-2,13-16H2,3-6H3/t20?,21-,22-,23-,24-,25?,29?/m0/s1. The van der Waals surface area contributed by atoms with Crippen molar-refractivity contribution in [3.63, 3.8) is 0 Å². The van der Waals surface area contributed by atoms with Crippen LogP contribution < -0.4 is 9.64 Å². The first-order valence-corrected chi connectivity index (χ1v) is 15.0. The third-order valence-corrected chi connectivity index (χ3v) is 11.5. The number of likely N-dealkylation sites (N-methyl/N-ethyl adjacent to an activating group) is 1. The van der Waals surface area contributed by atoms with Gasteiger partial charge in [0.15, 0.2) is 0 Å². The van der Waals surface area contributed by atoms with E-state index in [1.54, 1.807) is 64.9 Å². The maximum Gasteiger partial charge on any atom is 0.251 e. The first kappa shape index (κ1) is 29.7. The molecule has 1 spiro atoms. The van der Waals surface area contributed by atoms with Gasteiger partial charge in [0.05, 0.1) is 36.3 Å². The summed E-state index contributed by atoms with van der Waals surface area (Å²) in [5, 5.41) is 10.3. The lowest BCUT2D eigenvalue weighted by Gasteiger charge is -2.41. The van der Waals surface area contributed by atoms with Crippen LogP contribution in [0.4, 0.5) is 5.69 Å². The summed E-state index contributed by atoms with van der Waals surface area (Å²) in [4.78, 5) is 47.6. The van der Waals surface area contributed by atoms with Crippen molar-refractivity contribution in [3.8, 4) is 5.75 Å². The number of benzene rings is 1. The normalized spacial score (nSPS) is 29.8. The number of rotatable bonds is 11. The molecule has 3 unspecified atom stereocenters. The van der Waals surface area contributed by atoms with Crippen LogP contribution in [0.3, 0.4) is 0 Å². The van der Waals surface area contributed by atoms with Crippen LogP contribution in [0.15, 0.2) is 49.6 Å². The SMILES string of the molecule is C=CCN(C)C(=O)[C@H]1[C@H]2C(=O)N([C@@H](CO)C(C)C)C(C(=O)N(CC=C)c3ccc(OC)cc3)C23CC(Br)[C@@H]1S3. The summed E-state index contributed by atoms with van der Waals surface area (Å²) in [6.07, 6.45) is 3.90. The van der Waals surface area contributed by atoms with Crippen LogP contribution in [0, 0.1) is 17.8 Å². The molecule has 3 aliphatic rings. The van der Waals surface area contributed by atoms with E-state index in [-0.39, 0.29) is 46.9 Å². The maximum atomic E-state index is 14.7. The fourth-order valence-electron chi connectivity index (χ4n) is 6.51. The van der Waals surface area contributed by atoms with Crippen LogP contribution in [0.1, 0.15) is 20.3 Å². The molecule has 3 aliphatic heterocycles. The van der Waals surface area contributed by atoms with Gasteiger partial charge >= 0.3 is 0 Å². The Morgan fingerprint density at radius 2 is 1.87 bits per heavy atom. The number of thioether (sulfide) groups is 1. The first-order chi connectivity index (χ1) is 18.6. The molecule has 1 N–H and O–H groups in total. The molecule has 39 heavy (non-hydrogen) atoms. The minimum Gasteiger partial charge on any atom is -0.497 e. The van der Waals surface area contributed by atoms with Gasteiger partial charge in [-0.15, -0.1) is 24.9 Å². The summed E-state index contributed by atoms with van der Waals surface area (Å²) in [6, 6.07) is 5.78. The molecule has 0 saturated carbocycles. The number of fused-ring (bicyclic) bond motifs is 1. The molecule has 0 radical (unpaired) electrons. The lowest BCUT2D eigenvalue weighted by molar-refractivity contribution is -0.145. The number of carbonyl (C=O) groups excluding carboxylic acids is 3. The fourth-order valence-corrected chi connectivity index (χ4v) is 10.1. The van der Waals surface area contributed by atoms with Gasteiger partial charge in [-0.2, -0.15) is 0 Å². The number of alkyl halides is 1. The minimum atomic E-state index is -0.853. The van der Waals surface area contributed by atoms with Crippen molar-refractivity contribution >= 4 is 51.1 Å². The highest BCUT2D eigenvalue weighted by Gasteiger charge is 2.76. The Labute approximate surface area is 243 Å². The van der Waals surface area contributed by atoms with Gasteiger partial charge in [-0.3, -0.25) is 14.4 Å². The highest BCUT2D eigenvalue weighted by Crippen LogP contribution is 2.68. The molecular formula is C29H38BrN3O5S. The predicted molar refractivity (Wildman–Crippen MR) is 158 cm³/mol. The van der Waals surface area contributed by atoms with Crippen LogP contribution in [-0.2, 0) is 14.4 Å². The topological polar surface area (TPSA) is 90.4 Å². The van der Waals surface area contributed by atoms with Crippen molar-refractivity contribution in [1.29, 1.82) is 0 Å². The number of aliphatic hydroxyl groups excluding tert-OH is 1. The number of halogens is 1. The number of methoxy groups -OCH3 is 1. The minimum absolute atomic E-state index is 0.0339. The predicted octanol–water partition coefficient (Wildman–Crippen LogP) is 3.34. The number of amides is 3. The van der Waals surface area contributed by atoms with Crippen molar-refractivity contribution in [3.05, 3.63) is 49.6 Å². The van der Waals surface area contributed by atoms with E-state index in [1.807, 2.05) is 26.0 Å². The molecule has 3 amide bonds. The number of hydrogen-bond acceptors (Lipinski definition) is 6. The number of anilines is 1. The van der Waals surface area contributed by atoms with Crippen LogP contribution in [0.5, 0.6) is 5.75 Å². The molecule has 8 nitrogen and oxygen atoms in total. The summed E-state index contributed by atoms with van der Waals surface area (Å²) in [6.45, 7) is 11.8. The number of carbonyl (C=O) groups is 3. The van der Waals surface area contributed by atoms with E-state index < -0.39 is 28.7 Å². The van der Waals surface area contributed by atoms with Crippen molar-refractivity contribution in [2.75, 3.05) is 38.8 Å². The van der Waals surface area contributed by atoms with E-state index in [0.717, 1.165) is 0 Å². The smallest absolute Gasteiger partial charge is 0.251 e. The largest absolute Gasteiger partial charge is 0.497 e. The number of nitrogens with zero attached hydrogens (tertiary/aromatic N) is 3. The van der Waals surface area contributed by atoms with Gasteiger partial charge in [-0.1, -0.05) is 41.9 Å². The Bertz CT molecular complexity index is 1130. The molecule has 1 aromatic rings. The zero-order valence-electron chi connectivity index (χ0n) is 23.0. The quantitative estimate of drug-likeness (QED) is 0.302. The molecule has 1 aromatic carbocycles. The number of aliphatic hydroxyl groups is 1. The second-order valence-electron chi connectivity index (χ2n) is 10.8. The van der Waals surface area contributed by atoms with Gasteiger partial charge < -0.3 is 24.5 Å². The van der Waals surface area contributed by atoms with Gasteiger partial charge in [-0.25, -0.2) is 0 Å². The molecule has 4 rings (SSSR count). The Balaban J connectivity index is 1.84. The number of hydrogen-bond donors (Lipinski definition) is 1. The van der Waals surface area contributed by atoms with E-state index >= 15 is 0 Å². The van der Waals surface area contributed by atoms with Crippen LogP contribution >= 0.6 is 27.7 Å². The summed E-state index contributed by atoms with van der Waals surface area (Å²) in [5.41, 5.74) is 0.657. The zero-order chi connectivity index (χ0) is 28.6. The van der Waals surface area contributed by atoms with E-state index in [2.05, 4.69) is 29.1 Å². The highest BCUT2D eigenvalue weighted by atomic mass is 79.9. The van der Waals surface area contributed by atoms with E-state index in [0.29, 0.717) is 24.4 Å². The highest BCUT2D eigenvalue weighted by molar-refractivity contribution is 9.09. The fraction of sp³-hybridized carbons (Fsp3) is 0.552. The lowest BCUT2D eigenvalue weighted by Crippen LogP contribution is -2.59. The summed E-state index contributed by atoms with van der Waals surface area (Å²) < 4.78 is 4.49. The lowest BCUT2D eigenvalue weighted by atomic mass is 9.70. The van der Waals surface area contributed by atoms with Crippen molar-refractivity contribution in [2.45, 2.75) is 47.2 Å². The van der Waals surface area contributed by atoms with Crippen molar-refractivity contribution < 1.29 is 24.2 Å². The second kappa shape index (κ2) is 11.7. The first-order valence-electron chi connectivity index (χ1n) is 13.2. The number of ether oxygens (including phenoxy) is 1. The average Bonchev–Trinajstić information content (AvgIpc) is 3.50. The molecule has 0 aromatic heterocycles. The molecule has 212 valence electrons. The molecule has 3 fully saturated rings. The molecule has 2 bridgehead atoms. The molecule has 7 atom stereocenters. The van der Waals surface area contributed by atoms with Crippen molar-refractivity contribution in [2.24, 2.45) is 17.8 Å². The zero-order valence-corrected chi connectivity index (χ0v) is 25.4. The van der Waals surface area contributed by atoms with E-state index in [9.17, 15) is 19.5 Å². The molecular weight excluding hydrogens is 582 g/mol. The maximum absolute atomic E-state index is 14.7. The monoisotopic (exact) mass is 619 g/mol. The van der Waals surface area contributed by atoms with Crippen molar-refractivity contribution in [1.82, 2.24) is 9.80 Å². The summed E-state index contributed by atoms with van der Waals surface area (Å²) in [5.74, 6) is -1.26. The molecule has 10 heteroatoms. The Hall–Kier alpha value is -2.30. The third kappa shape index (κ3) is 4.82. The van der Waals surface area contributed by atoms with Crippen LogP contribution in [0.25, 0.3) is 0 Å². The van der Waals surface area contributed by atoms with Crippen LogP contribution in [-0.4, -0.2) is 93.4 Å². The Morgan fingerprint density at radius 3 is 2.41 bits per heavy atom. The van der Waals surface area contributed by atoms with Gasteiger partial charge in [0.1, 0.15) is 11.8 Å². The van der Waals surface area contributed by atoms with Gasteiger partial charge in [-0.05, 0) is 36.6 Å². The van der Waals surface area contributed by atoms with Gasteiger partial charge in [0.25, 0.3) is 5.91 Å². The Kier molecular flexibility index (Phi) is 8.88. The van der Waals surface area contributed by atoms with Gasteiger partial charge in [0, 0.05) is 35.9 Å². The van der Waals surface area contributed by atoms with Crippen LogP contribution in [0.2, 0.25) is 0 Å². The molecule has 3 saturated heterocycles. The van der Waals surface area contributed by atoms with E-state index in [4.69, 9.17) is 4.74 Å². The summed E-state index contributed by atoms with van der Waals surface area (Å²) >= 11 is 5.40. The molecule has 3 heterocycles. The number of likely N-dealkylation sites (tertiary alicyclic amines) is 1.